The molecule has 0 saturated heterocycles. The summed E-state index contributed by atoms with van der Waals surface area (Å²) in [6.07, 6.45) is 5.30. The molecule has 162 valence electrons. The number of imidazole rings is 1. The molecule has 4 aromatic rings. The number of nitrogens with zero attached hydrogens (tertiary/aromatic N) is 4. The largest absolute Gasteiger partial charge is 0.341 e. The Morgan fingerprint density at radius 1 is 1.09 bits per heavy atom. The highest BCUT2D eigenvalue weighted by atomic mass is 15.2. The van der Waals surface area contributed by atoms with Gasteiger partial charge in [0.25, 0.3) is 0 Å². The van der Waals surface area contributed by atoms with Gasteiger partial charge in [-0.25, -0.2) is 4.98 Å². The van der Waals surface area contributed by atoms with Crippen LogP contribution >= 0.6 is 0 Å². The SMILES string of the molecule is CC(CN(Cc1nc2ccccc2[nH]1)C1CCCc2cccnc21)=Nc1ccccc1C. The van der Waals surface area contributed by atoms with E-state index in [1.807, 2.05) is 24.4 Å². The molecular weight excluding hydrogens is 394 g/mol. The Morgan fingerprint density at radius 2 is 1.94 bits per heavy atom. The highest BCUT2D eigenvalue weighted by Gasteiger charge is 2.28. The molecule has 0 amide bonds. The predicted molar refractivity (Wildman–Crippen MR) is 130 cm³/mol. The van der Waals surface area contributed by atoms with Crippen LogP contribution < -0.4 is 0 Å². The summed E-state index contributed by atoms with van der Waals surface area (Å²) < 4.78 is 0. The first-order valence-corrected chi connectivity index (χ1v) is 11.4. The Kier molecular flexibility index (Phi) is 5.82. The topological polar surface area (TPSA) is 57.2 Å². The number of rotatable bonds is 6. The van der Waals surface area contributed by atoms with Gasteiger partial charge < -0.3 is 4.98 Å². The summed E-state index contributed by atoms with van der Waals surface area (Å²) in [5, 5.41) is 0. The van der Waals surface area contributed by atoms with Crippen LogP contribution in [0.5, 0.6) is 0 Å². The normalized spacial score (nSPS) is 16.5. The molecule has 5 nitrogen and oxygen atoms in total. The molecule has 2 heterocycles. The van der Waals surface area contributed by atoms with Crippen LogP contribution in [-0.4, -0.2) is 32.1 Å². The number of fused-ring (bicyclic) bond motifs is 2. The third-order valence-electron chi connectivity index (χ3n) is 6.26. The van der Waals surface area contributed by atoms with Crippen molar-refractivity contribution in [2.24, 2.45) is 4.99 Å². The molecule has 0 fully saturated rings. The lowest BCUT2D eigenvalue weighted by Crippen LogP contribution is -2.35. The van der Waals surface area contributed by atoms with Gasteiger partial charge in [0.05, 0.1) is 35.0 Å². The molecule has 5 rings (SSSR count). The van der Waals surface area contributed by atoms with Crippen LogP contribution in [0.4, 0.5) is 5.69 Å². The molecule has 5 heteroatoms. The Morgan fingerprint density at radius 3 is 2.81 bits per heavy atom. The van der Waals surface area contributed by atoms with Crippen LogP contribution in [0, 0.1) is 6.92 Å². The molecule has 0 spiro atoms. The third-order valence-corrected chi connectivity index (χ3v) is 6.26. The summed E-state index contributed by atoms with van der Waals surface area (Å²) in [5.41, 5.74) is 7.99. The molecule has 1 unspecified atom stereocenters. The highest BCUT2D eigenvalue weighted by Crippen LogP contribution is 2.33. The standard InChI is InChI=1S/C27H29N5/c1-19-9-3-4-12-22(19)29-20(2)17-32(18-26-30-23-13-5-6-14-24(23)31-26)25-15-7-10-21-11-8-16-28-27(21)25/h3-6,8-9,11-14,16,25H,7,10,15,17-18H2,1-2H3,(H,30,31). The molecule has 2 aromatic heterocycles. The van der Waals surface area contributed by atoms with Crippen molar-refractivity contribution >= 4 is 22.4 Å². The zero-order chi connectivity index (χ0) is 21.9. The number of nitrogens with one attached hydrogen (secondary N) is 1. The number of aryl methyl sites for hydroxylation is 2. The number of hydrogen-bond donors (Lipinski definition) is 1. The molecule has 0 bridgehead atoms. The van der Waals surface area contributed by atoms with Gasteiger partial charge in [-0.3, -0.25) is 14.9 Å². The van der Waals surface area contributed by atoms with Crippen molar-refractivity contribution in [1.29, 1.82) is 0 Å². The van der Waals surface area contributed by atoms with Gasteiger partial charge in [0.15, 0.2) is 0 Å². The first-order valence-electron chi connectivity index (χ1n) is 11.4. The smallest absolute Gasteiger partial charge is 0.121 e. The van der Waals surface area contributed by atoms with E-state index in [2.05, 4.69) is 66.2 Å². The second kappa shape index (κ2) is 9.05. The van der Waals surface area contributed by atoms with Gasteiger partial charge in [-0.2, -0.15) is 0 Å². The van der Waals surface area contributed by atoms with Crippen molar-refractivity contribution in [2.45, 2.75) is 45.7 Å². The Balaban J connectivity index is 1.48. The Labute approximate surface area is 189 Å². The lowest BCUT2D eigenvalue weighted by molar-refractivity contribution is 0.187. The molecule has 32 heavy (non-hydrogen) atoms. The number of benzene rings is 2. The summed E-state index contributed by atoms with van der Waals surface area (Å²) in [6.45, 7) is 5.74. The first kappa shape index (κ1) is 20.6. The van der Waals surface area contributed by atoms with Crippen molar-refractivity contribution in [1.82, 2.24) is 19.9 Å². The van der Waals surface area contributed by atoms with Gasteiger partial charge in [0, 0.05) is 18.5 Å². The Hall–Kier alpha value is -3.31. The number of aliphatic imine (C=N–C) groups is 1. The van der Waals surface area contributed by atoms with Crippen LogP contribution in [0.2, 0.25) is 0 Å². The summed E-state index contributed by atoms with van der Waals surface area (Å²) in [6, 6.07) is 21.1. The summed E-state index contributed by atoms with van der Waals surface area (Å²) in [4.78, 5) is 20.6. The van der Waals surface area contributed by atoms with E-state index in [0.29, 0.717) is 0 Å². The van der Waals surface area contributed by atoms with Crippen LogP contribution in [0.3, 0.4) is 0 Å². The number of aromatic nitrogens is 3. The molecule has 0 radical (unpaired) electrons. The van der Waals surface area contributed by atoms with Gasteiger partial charge in [-0.05, 0) is 68.5 Å². The summed E-state index contributed by atoms with van der Waals surface area (Å²) in [5.74, 6) is 0.984. The fourth-order valence-corrected chi connectivity index (χ4v) is 4.71. The summed E-state index contributed by atoms with van der Waals surface area (Å²) in [7, 11) is 0. The molecule has 1 aliphatic rings. The molecule has 0 aliphatic heterocycles. The van der Waals surface area contributed by atoms with E-state index < -0.39 is 0 Å². The van der Waals surface area contributed by atoms with Crippen molar-refractivity contribution in [3.63, 3.8) is 0 Å². The number of pyridine rings is 1. The van der Waals surface area contributed by atoms with E-state index >= 15 is 0 Å². The number of para-hydroxylation sites is 3. The van der Waals surface area contributed by atoms with E-state index in [0.717, 1.165) is 54.2 Å². The van der Waals surface area contributed by atoms with E-state index in [4.69, 9.17) is 15.0 Å². The Bertz CT molecular complexity index is 1220. The van der Waals surface area contributed by atoms with Crippen molar-refractivity contribution in [3.8, 4) is 0 Å². The molecule has 0 saturated carbocycles. The maximum absolute atomic E-state index is 4.96. The predicted octanol–water partition coefficient (Wildman–Crippen LogP) is 5.94. The van der Waals surface area contributed by atoms with Crippen LogP contribution in [0.25, 0.3) is 11.0 Å². The summed E-state index contributed by atoms with van der Waals surface area (Å²) >= 11 is 0. The minimum Gasteiger partial charge on any atom is -0.341 e. The molecule has 1 atom stereocenters. The lowest BCUT2D eigenvalue weighted by atomic mass is 9.90. The second-order valence-electron chi connectivity index (χ2n) is 8.69. The monoisotopic (exact) mass is 423 g/mol. The van der Waals surface area contributed by atoms with E-state index in [1.165, 1.54) is 23.2 Å². The minimum absolute atomic E-state index is 0.259. The van der Waals surface area contributed by atoms with E-state index in [1.54, 1.807) is 0 Å². The highest BCUT2D eigenvalue weighted by molar-refractivity contribution is 5.86. The minimum atomic E-state index is 0.259. The van der Waals surface area contributed by atoms with Crippen molar-refractivity contribution in [2.75, 3.05) is 6.54 Å². The quantitative estimate of drug-likeness (QED) is 0.391. The van der Waals surface area contributed by atoms with Gasteiger partial charge in [0.1, 0.15) is 5.82 Å². The maximum atomic E-state index is 4.96. The van der Waals surface area contributed by atoms with Gasteiger partial charge in [-0.15, -0.1) is 0 Å². The van der Waals surface area contributed by atoms with Crippen molar-refractivity contribution < 1.29 is 0 Å². The molecule has 1 N–H and O–H groups in total. The average molecular weight is 424 g/mol. The number of aromatic amines is 1. The molecule has 2 aromatic carbocycles. The van der Waals surface area contributed by atoms with E-state index in [-0.39, 0.29) is 6.04 Å². The fraction of sp³-hybridized carbons (Fsp3) is 0.296. The van der Waals surface area contributed by atoms with Gasteiger partial charge >= 0.3 is 0 Å². The fourth-order valence-electron chi connectivity index (χ4n) is 4.71. The maximum Gasteiger partial charge on any atom is 0.121 e. The number of H-pyrrole nitrogens is 1. The van der Waals surface area contributed by atoms with Crippen molar-refractivity contribution in [3.05, 3.63) is 89.5 Å². The molecular formula is C27H29N5. The lowest BCUT2D eigenvalue weighted by Gasteiger charge is -2.34. The average Bonchev–Trinajstić information content (AvgIpc) is 3.22. The zero-order valence-corrected chi connectivity index (χ0v) is 18.8. The van der Waals surface area contributed by atoms with Gasteiger partial charge in [0.2, 0.25) is 0 Å². The zero-order valence-electron chi connectivity index (χ0n) is 18.8. The van der Waals surface area contributed by atoms with Crippen LogP contribution in [0.15, 0.2) is 71.9 Å². The first-order chi connectivity index (χ1) is 15.7. The second-order valence-corrected chi connectivity index (χ2v) is 8.69. The number of hydrogen-bond acceptors (Lipinski definition) is 4. The van der Waals surface area contributed by atoms with Crippen LogP contribution in [0.1, 0.15) is 48.5 Å². The van der Waals surface area contributed by atoms with Crippen LogP contribution in [-0.2, 0) is 13.0 Å². The third kappa shape index (κ3) is 4.34. The van der Waals surface area contributed by atoms with E-state index in [9.17, 15) is 0 Å². The molecule has 1 aliphatic carbocycles. The van der Waals surface area contributed by atoms with Gasteiger partial charge in [-0.1, -0.05) is 36.4 Å².